The molecule has 5 heteroatoms. The number of nitrogens with zero attached hydrogens (tertiary/aromatic N) is 1. The van der Waals surface area contributed by atoms with Gasteiger partial charge in [0.15, 0.2) is 0 Å². The molecule has 1 fully saturated rings. The summed E-state index contributed by atoms with van der Waals surface area (Å²) in [7, 11) is 0. The number of rotatable bonds is 2. The number of ether oxygens (including phenoxy) is 1. The van der Waals surface area contributed by atoms with Gasteiger partial charge in [-0.1, -0.05) is 20.8 Å². The van der Waals surface area contributed by atoms with Crippen LogP contribution in [0, 0.1) is 11.3 Å². The highest BCUT2D eigenvalue weighted by molar-refractivity contribution is 9.10. The third kappa shape index (κ3) is 3.13. The molecule has 1 aromatic rings. The van der Waals surface area contributed by atoms with Crippen molar-refractivity contribution in [3.8, 4) is 5.88 Å². The quantitative estimate of drug-likeness (QED) is 0.912. The van der Waals surface area contributed by atoms with E-state index in [2.05, 4.69) is 46.7 Å². The van der Waals surface area contributed by atoms with Crippen molar-refractivity contribution in [2.45, 2.75) is 46.1 Å². The minimum absolute atomic E-state index is 0.134. The molecule has 2 unspecified atom stereocenters. The van der Waals surface area contributed by atoms with E-state index in [0.29, 0.717) is 16.3 Å². The van der Waals surface area contributed by atoms with Gasteiger partial charge in [-0.3, -0.25) is 4.79 Å². The molecular formula is C13H19BrN2O2. The Morgan fingerprint density at radius 1 is 1.50 bits per heavy atom. The van der Waals surface area contributed by atoms with Crippen LogP contribution in [-0.2, 0) is 0 Å². The maximum atomic E-state index is 11.5. The Labute approximate surface area is 115 Å². The van der Waals surface area contributed by atoms with Crippen LogP contribution < -0.4 is 10.3 Å². The summed E-state index contributed by atoms with van der Waals surface area (Å²) in [6.07, 6.45) is 4.74. The summed E-state index contributed by atoms with van der Waals surface area (Å²) in [6.45, 7) is 6.77. The van der Waals surface area contributed by atoms with Crippen LogP contribution in [0.1, 0.15) is 40.0 Å². The second kappa shape index (κ2) is 5.03. The second-order valence-electron chi connectivity index (χ2n) is 6.00. The highest BCUT2D eigenvalue weighted by Gasteiger charge is 2.33. The highest BCUT2D eigenvalue weighted by Crippen LogP contribution is 2.40. The van der Waals surface area contributed by atoms with Crippen LogP contribution in [-0.4, -0.2) is 16.1 Å². The van der Waals surface area contributed by atoms with Gasteiger partial charge in [-0.2, -0.15) is 0 Å². The number of hydrogen-bond donors (Lipinski definition) is 1. The van der Waals surface area contributed by atoms with Crippen LogP contribution in [0.2, 0.25) is 0 Å². The Morgan fingerprint density at radius 3 is 2.89 bits per heavy atom. The van der Waals surface area contributed by atoms with E-state index in [0.717, 1.165) is 12.8 Å². The summed E-state index contributed by atoms with van der Waals surface area (Å²) < 4.78 is 6.27. The molecule has 1 aromatic heterocycles. The number of nitrogens with one attached hydrogen (secondary N) is 1. The molecule has 0 aromatic carbocycles. The highest BCUT2D eigenvalue weighted by atomic mass is 79.9. The Balaban J connectivity index is 2.14. The third-order valence-corrected chi connectivity index (χ3v) is 4.09. The van der Waals surface area contributed by atoms with Crippen LogP contribution in [0.3, 0.4) is 0 Å². The van der Waals surface area contributed by atoms with Gasteiger partial charge in [-0.15, -0.1) is 0 Å². The van der Waals surface area contributed by atoms with Gasteiger partial charge in [-0.25, -0.2) is 4.98 Å². The molecule has 2 atom stereocenters. The van der Waals surface area contributed by atoms with Gasteiger partial charge < -0.3 is 9.72 Å². The molecule has 4 nitrogen and oxygen atoms in total. The normalized spacial score (nSPS) is 26.9. The predicted octanol–water partition coefficient (Wildman–Crippen LogP) is 3.13. The molecule has 1 aliphatic rings. The number of aromatic nitrogens is 2. The monoisotopic (exact) mass is 314 g/mol. The van der Waals surface area contributed by atoms with Crippen LogP contribution in [0.4, 0.5) is 0 Å². The molecule has 0 saturated heterocycles. The molecule has 1 heterocycles. The molecular weight excluding hydrogens is 296 g/mol. The van der Waals surface area contributed by atoms with Gasteiger partial charge in [0.05, 0.1) is 6.33 Å². The minimum Gasteiger partial charge on any atom is -0.473 e. The number of aromatic amines is 1. The molecule has 0 aliphatic heterocycles. The lowest BCUT2D eigenvalue weighted by atomic mass is 9.71. The Bertz CT molecular complexity index is 484. The summed E-state index contributed by atoms with van der Waals surface area (Å²) in [5.41, 5.74) is 0.0823. The van der Waals surface area contributed by atoms with E-state index in [1.54, 1.807) is 0 Å². The molecule has 0 radical (unpaired) electrons. The summed E-state index contributed by atoms with van der Waals surface area (Å²) in [4.78, 5) is 18.0. The molecule has 0 amide bonds. The summed E-state index contributed by atoms with van der Waals surface area (Å²) in [5, 5.41) is 0. The van der Waals surface area contributed by atoms with Crippen LogP contribution in [0.5, 0.6) is 5.88 Å². The number of halogens is 1. The van der Waals surface area contributed by atoms with Crippen molar-refractivity contribution in [2.75, 3.05) is 0 Å². The van der Waals surface area contributed by atoms with Gasteiger partial charge in [0.25, 0.3) is 5.56 Å². The zero-order chi connectivity index (χ0) is 13.3. The van der Waals surface area contributed by atoms with Crippen molar-refractivity contribution in [1.82, 2.24) is 9.97 Å². The van der Waals surface area contributed by atoms with Crippen molar-refractivity contribution in [3.63, 3.8) is 0 Å². The van der Waals surface area contributed by atoms with Crippen molar-refractivity contribution >= 4 is 15.9 Å². The maximum absolute atomic E-state index is 11.5. The molecule has 0 spiro atoms. The lowest BCUT2D eigenvalue weighted by Crippen LogP contribution is -2.34. The molecule has 1 N–H and O–H groups in total. The van der Waals surface area contributed by atoms with E-state index in [-0.39, 0.29) is 17.1 Å². The first-order valence-electron chi connectivity index (χ1n) is 6.27. The minimum atomic E-state index is -0.205. The van der Waals surface area contributed by atoms with Crippen molar-refractivity contribution in [2.24, 2.45) is 11.3 Å². The molecule has 100 valence electrons. The van der Waals surface area contributed by atoms with Gasteiger partial charge in [-0.05, 0) is 46.5 Å². The van der Waals surface area contributed by atoms with Gasteiger partial charge >= 0.3 is 0 Å². The van der Waals surface area contributed by atoms with E-state index in [1.807, 2.05) is 0 Å². The topological polar surface area (TPSA) is 55.0 Å². The Kier molecular flexibility index (Phi) is 3.80. The smallest absolute Gasteiger partial charge is 0.268 e. The SMILES string of the molecule is CC1CC(Oc2nc[nH]c(=O)c2Br)CC(C)(C)C1. The van der Waals surface area contributed by atoms with Crippen LogP contribution >= 0.6 is 15.9 Å². The number of hydrogen-bond acceptors (Lipinski definition) is 3. The van der Waals surface area contributed by atoms with E-state index in [4.69, 9.17) is 4.74 Å². The van der Waals surface area contributed by atoms with Gasteiger partial charge in [0.1, 0.15) is 10.6 Å². The fourth-order valence-electron chi connectivity index (χ4n) is 2.95. The first kappa shape index (κ1) is 13.6. The molecule has 1 aliphatic carbocycles. The average Bonchev–Trinajstić information content (AvgIpc) is 2.22. The van der Waals surface area contributed by atoms with Crippen molar-refractivity contribution in [1.29, 1.82) is 0 Å². The molecule has 1 saturated carbocycles. The lowest BCUT2D eigenvalue weighted by Gasteiger charge is -2.38. The molecule has 0 bridgehead atoms. The fourth-order valence-corrected chi connectivity index (χ4v) is 3.27. The molecule has 18 heavy (non-hydrogen) atoms. The lowest BCUT2D eigenvalue weighted by molar-refractivity contribution is 0.0525. The van der Waals surface area contributed by atoms with E-state index in [1.165, 1.54) is 12.7 Å². The second-order valence-corrected chi connectivity index (χ2v) is 6.80. The fraction of sp³-hybridized carbons (Fsp3) is 0.692. The van der Waals surface area contributed by atoms with Crippen LogP contribution in [0.25, 0.3) is 0 Å². The summed E-state index contributed by atoms with van der Waals surface area (Å²) in [6, 6.07) is 0. The first-order valence-corrected chi connectivity index (χ1v) is 7.06. The predicted molar refractivity (Wildman–Crippen MR) is 73.8 cm³/mol. The first-order chi connectivity index (χ1) is 8.37. The van der Waals surface area contributed by atoms with Crippen molar-refractivity contribution in [3.05, 3.63) is 21.2 Å². The number of H-pyrrole nitrogens is 1. The van der Waals surface area contributed by atoms with E-state index in [9.17, 15) is 4.79 Å². The Hall–Kier alpha value is -0.840. The standard InChI is InChI=1S/C13H19BrN2O2/c1-8-4-9(6-13(2,3)5-8)18-12-10(14)11(17)15-7-16-12/h7-9H,4-6H2,1-3H3,(H,15,16,17). The maximum Gasteiger partial charge on any atom is 0.268 e. The zero-order valence-corrected chi connectivity index (χ0v) is 12.6. The molecule has 2 rings (SSSR count). The zero-order valence-electron chi connectivity index (χ0n) is 11.0. The van der Waals surface area contributed by atoms with E-state index < -0.39 is 0 Å². The van der Waals surface area contributed by atoms with Gasteiger partial charge in [0.2, 0.25) is 5.88 Å². The van der Waals surface area contributed by atoms with Crippen LogP contribution in [0.15, 0.2) is 15.6 Å². The Morgan fingerprint density at radius 2 is 2.22 bits per heavy atom. The van der Waals surface area contributed by atoms with E-state index >= 15 is 0 Å². The summed E-state index contributed by atoms with van der Waals surface area (Å²) >= 11 is 3.22. The largest absolute Gasteiger partial charge is 0.473 e. The third-order valence-electron chi connectivity index (χ3n) is 3.39. The summed E-state index contributed by atoms with van der Waals surface area (Å²) in [5.74, 6) is 1.04. The van der Waals surface area contributed by atoms with Crippen molar-refractivity contribution < 1.29 is 4.74 Å². The average molecular weight is 315 g/mol. The van der Waals surface area contributed by atoms with Gasteiger partial charge in [0, 0.05) is 0 Å².